The zero-order valence-corrected chi connectivity index (χ0v) is 10.8. The Kier molecular flexibility index (Phi) is 4.58. The van der Waals surface area contributed by atoms with E-state index in [9.17, 15) is 8.78 Å². The summed E-state index contributed by atoms with van der Waals surface area (Å²) in [6, 6.07) is 5.48. The summed E-state index contributed by atoms with van der Waals surface area (Å²) < 4.78 is 32.1. The minimum absolute atomic E-state index is 0.0965. The topological polar surface area (TPSA) is 81.8 Å². The van der Waals surface area contributed by atoms with Crippen molar-refractivity contribution in [1.82, 2.24) is 10.6 Å². The Bertz CT molecular complexity index is 620. The average Bonchev–Trinajstić information content (AvgIpc) is 2.47. The third kappa shape index (κ3) is 4.36. The van der Waals surface area contributed by atoms with Crippen molar-refractivity contribution >= 4 is 12.2 Å². The number of ether oxygens (including phenoxy) is 1. The maximum absolute atomic E-state index is 14.3. The van der Waals surface area contributed by atoms with Gasteiger partial charge in [-0.3, -0.25) is 0 Å². The SMILES string of the molecule is N#C/N=C\NC1=NC(F)(OCc2ccc(F)cc2)NC=C1. The summed E-state index contributed by atoms with van der Waals surface area (Å²) in [7, 11) is 0. The smallest absolute Gasteiger partial charge is 0.330 e. The first kappa shape index (κ1) is 14.6. The highest BCUT2D eigenvalue weighted by Gasteiger charge is 2.31. The largest absolute Gasteiger partial charge is 0.396 e. The van der Waals surface area contributed by atoms with Crippen LogP contribution in [0.25, 0.3) is 0 Å². The number of alkyl halides is 1. The van der Waals surface area contributed by atoms with Crippen LogP contribution in [0.15, 0.2) is 46.5 Å². The summed E-state index contributed by atoms with van der Waals surface area (Å²) >= 11 is 0. The summed E-state index contributed by atoms with van der Waals surface area (Å²) in [6.07, 6.45) is 2.91. The van der Waals surface area contributed by atoms with E-state index >= 15 is 0 Å². The van der Waals surface area contributed by atoms with Gasteiger partial charge in [0.25, 0.3) is 0 Å². The molecule has 0 spiro atoms. The van der Waals surface area contributed by atoms with Gasteiger partial charge in [-0.15, -0.1) is 0 Å². The molecule has 2 rings (SSSR count). The molecule has 1 aromatic carbocycles. The minimum Gasteiger partial charge on any atom is -0.330 e. The van der Waals surface area contributed by atoms with Gasteiger partial charge < -0.3 is 15.4 Å². The molecule has 0 saturated carbocycles. The lowest BCUT2D eigenvalue weighted by Crippen LogP contribution is -2.43. The fourth-order valence-corrected chi connectivity index (χ4v) is 1.49. The fraction of sp³-hybridized carbons (Fsp3) is 0.154. The molecule has 1 aliphatic heterocycles. The van der Waals surface area contributed by atoms with Gasteiger partial charge in [0.15, 0.2) is 0 Å². The number of nitriles is 1. The van der Waals surface area contributed by atoms with E-state index in [0.29, 0.717) is 5.56 Å². The molecule has 0 aromatic heterocycles. The molecule has 108 valence electrons. The molecular formula is C13H11F2N5O. The molecule has 1 heterocycles. The molecule has 1 aliphatic rings. The van der Waals surface area contributed by atoms with Gasteiger partial charge in [0.1, 0.15) is 18.0 Å². The van der Waals surface area contributed by atoms with Crippen molar-refractivity contribution in [3.8, 4) is 6.19 Å². The van der Waals surface area contributed by atoms with Gasteiger partial charge in [-0.25, -0.2) is 4.39 Å². The molecular weight excluding hydrogens is 280 g/mol. The summed E-state index contributed by atoms with van der Waals surface area (Å²) in [4.78, 5) is 6.91. The maximum Gasteiger partial charge on any atom is 0.396 e. The predicted octanol–water partition coefficient (Wildman–Crippen LogP) is 1.54. The van der Waals surface area contributed by atoms with Crippen molar-refractivity contribution in [2.24, 2.45) is 9.98 Å². The number of halogens is 2. The number of benzene rings is 1. The quantitative estimate of drug-likeness (QED) is 0.381. The van der Waals surface area contributed by atoms with E-state index in [1.54, 1.807) is 0 Å². The van der Waals surface area contributed by atoms with Gasteiger partial charge in [0.05, 0.1) is 6.61 Å². The molecule has 1 atom stereocenters. The second-order valence-corrected chi connectivity index (χ2v) is 3.95. The first-order valence-electron chi connectivity index (χ1n) is 5.90. The molecule has 1 unspecified atom stereocenters. The second kappa shape index (κ2) is 6.58. The highest BCUT2D eigenvalue weighted by atomic mass is 19.2. The van der Waals surface area contributed by atoms with Crippen LogP contribution in [-0.4, -0.2) is 18.3 Å². The lowest BCUT2D eigenvalue weighted by molar-refractivity contribution is -0.163. The first-order valence-corrected chi connectivity index (χ1v) is 5.90. The number of hydrogen-bond donors (Lipinski definition) is 2. The summed E-state index contributed by atoms with van der Waals surface area (Å²) in [5.74, 6) is -0.247. The van der Waals surface area contributed by atoms with Crippen LogP contribution >= 0.6 is 0 Å². The minimum atomic E-state index is -2.45. The van der Waals surface area contributed by atoms with E-state index in [1.807, 2.05) is 0 Å². The number of aliphatic imine (C=N–C) groups is 2. The van der Waals surface area contributed by atoms with Gasteiger partial charge in [0, 0.05) is 6.20 Å². The average molecular weight is 291 g/mol. The van der Waals surface area contributed by atoms with Crippen LogP contribution in [0.5, 0.6) is 0 Å². The molecule has 6 nitrogen and oxygen atoms in total. The van der Waals surface area contributed by atoms with Crippen LogP contribution in [0.2, 0.25) is 0 Å². The normalized spacial score (nSPS) is 20.7. The van der Waals surface area contributed by atoms with Gasteiger partial charge in [-0.2, -0.15) is 19.6 Å². The molecule has 0 saturated heterocycles. The monoisotopic (exact) mass is 291 g/mol. The van der Waals surface area contributed by atoms with Crippen LogP contribution < -0.4 is 10.6 Å². The number of nitrogens with one attached hydrogen (secondary N) is 2. The lowest BCUT2D eigenvalue weighted by atomic mass is 10.2. The summed E-state index contributed by atoms with van der Waals surface area (Å²) in [5.41, 5.74) is 0.598. The molecule has 2 N–H and O–H groups in total. The number of rotatable bonds is 4. The van der Waals surface area contributed by atoms with E-state index in [-0.39, 0.29) is 18.3 Å². The molecule has 8 heteroatoms. The highest BCUT2D eigenvalue weighted by Crippen LogP contribution is 2.17. The highest BCUT2D eigenvalue weighted by molar-refractivity contribution is 6.00. The Morgan fingerprint density at radius 1 is 1.48 bits per heavy atom. The Morgan fingerprint density at radius 2 is 2.24 bits per heavy atom. The van der Waals surface area contributed by atoms with Gasteiger partial charge in [0.2, 0.25) is 6.19 Å². The Hall–Kier alpha value is -2.79. The van der Waals surface area contributed by atoms with E-state index < -0.39 is 6.10 Å². The first-order chi connectivity index (χ1) is 10.1. The number of nitrogens with zero attached hydrogens (tertiary/aromatic N) is 3. The van der Waals surface area contributed by atoms with Crippen LogP contribution in [-0.2, 0) is 11.3 Å². The van der Waals surface area contributed by atoms with Crippen molar-refractivity contribution < 1.29 is 13.5 Å². The van der Waals surface area contributed by atoms with Gasteiger partial charge in [-0.1, -0.05) is 12.1 Å². The van der Waals surface area contributed by atoms with Crippen molar-refractivity contribution in [3.63, 3.8) is 0 Å². The summed E-state index contributed by atoms with van der Waals surface area (Å²) in [5, 5.41) is 13.1. The standard InChI is InChI=1S/C13H11F2N5O/c14-11-3-1-10(2-4-11)7-21-13(15)19-6-5-12(20-13)18-9-17-8-16/h1-6,9,19H,7H2,(H,17,18,20). The van der Waals surface area contributed by atoms with Crippen LogP contribution in [0.3, 0.4) is 0 Å². The zero-order chi connectivity index (χ0) is 15.1. The van der Waals surface area contributed by atoms with Crippen molar-refractivity contribution in [2.75, 3.05) is 0 Å². The van der Waals surface area contributed by atoms with E-state index in [2.05, 4.69) is 20.6 Å². The summed E-state index contributed by atoms with van der Waals surface area (Å²) in [6.45, 7) is -0.0965. The molecule has 0 fully saturated rings. The molecule has 0 amide bonds. The molecule has 1 aromatic rings. The third-order valence-corrected chi connectivity index (χ3v) is 2.44. The molecule has 0 aliphatic carbocycles. The molecule has 0 radical (unpaired) electrons. The zero-order valence-electron chi connectivity index (χ0n) is 10.8. The Labute approximate surface area is 119 Å². The number of amidine groups is 1. The van der Waals surface area contributed by atoms with E-state index in [0.717, 1.165) is 6.34 Å². The van der Waals surface area contributed by atoms with Crippen LogP contribution in [0.1, 0.15) is 5.56 Å². The van der Waals surface area contributed by atoms with Gasteiger partial charge >= 0.3 is 6.10 Å². The maximum atomic E-state index is 14.3. The van der Waals surface area contributed by atoms with Crippen LogP contribution in [0.4, 0.5) is 8.78 Å². The Balaban J connectivity index is 1.98. The van der Waals surface area contributed by atoms with Gasteiger partial charge in [-0.05, 0) is 23.8 Å². The second-order valence-electron chi connectivity index (χ2n) is 3.95. The third-order valence-electron chi connectivity index (χ3n) is 2.44. The Morgan fingerprint density at radius 3 is 2.95 bits per heavy atom. The molecule has 21 heavy (non-hydrogen) atoms. The fourth-order valence-electron chi connectivity index (χ4n) is 1.49. The van der Waals surface area contributed by atoms with Crippen LogP contribution in [0, 0.1) is 17.3 Å². The van der Waals surface area contributed by atoms with E-state index in [1.165, 1.54) is 42.7 Å². The molecule has 0 bridgehead atoms. The van der Waals surface area contributed by atoms with Crippen molar-refractivity contribution in [1.29, 1.82) is 5.26 Å². The van der Waals surface area contributed by atoms with E-state index in [4.69, 9.17) is 10.00 Å². The number of hydrogen-bond acceptors (Lipinski definition) is 5. The predicted molar refractivity (Wildman–Crippen MR) is 72.0 cm³/mol. The van der Waals surface area contributed by atoms with Crippen molar-refractivity contribution in [3.05, 3.63) is 47.9 Å². The van der Waals surface area contributed by atoms with Crippen molar-refractivity contribution in [2.45, 2.75) is 12.7 Å². The lowest BCUT2D eigenvalue weighted by Gasteiger charge is -2.24.